The number of morpholine rings is 1. The van der Waals surface area contributed by atoms with Gasteiger partial charge in [0.1, 0.15) is 11.6 Å². The summed E-state index contributed by atoms with van der Waals surface area (Å²) in [4.78, 5) is 11.0. The Balaban J connectivity index is 1.83. The number of fused-ring (bicyclic) bond motifs is 1. The normalized spacial score (nSPS) is 14.9. The first-order valence-electron chi connectivity index (χ1n) is 8.09. The highest BCUT2D eigenvalue weighted by Crippen LogP contribution is 2.27. The van der Waals surface area contributed by atoms with Gasteiger partial charge in [-0.15, -0.1) is 0 Å². The second kappa shape index (κ2) is 6.21. The molecule has 2 aromatic heterocycles. The van der Waals surface area contributed by atoms with Crippen molar-refractivity contribution in [3.63, 3.8) is 0 Å². The van der Waals surface area contributed by atoms with E-state index in [2.05, 4.69) is 20.0 Å². The molecule has 0 atom stereocenters. The Bertz CT molecular complexity index is 918. The monoisotopic (exact) mass is 341 g/mol. The van der Waals surface area contributed by atoms with Crippen molar-refractivity contribution in [1.82, 2.24) is 19.7 Å². The Hall–Kier alpha value is -2.87. The van der Waals surface area contributed by atoms with E-state index in [1.807, 2.05) is 19.1 Å². The van der Waals surface area contributed by atoms with Gasteiger partial charge in [-0.05, 0) is 18.6 Å². The van der Waals surface area contributed by atoms with E-state index in [-0.39, 0.29) is 11.8 Å². The van der Waals surface area contributed by atoms with Crippen molar-refractivity contribution in [2.75, 3.05) is 38.3 Å². The van der Waals surface area contributed by atoms with Gasteiger partial charge < -0.3 is 19.5 Å². The van der Waals surface area contributed by atoms with Gasteiger partial charge in [0, 0.05) is 30.6 Å². The number of rotatable bonds is 3. The average molecular weight is 341 g/mol. The van der Waals surface area contributed by atoms with E-state index < -0.39 is 0 Å². The number of nitrogens with zero attached hydrogens (tertiary/aromatic N) is 5. The van der Waals surface area contributed by atoms with Crippen molar-refractivity contribution >= 4 is 16.7 Å². The van der Waals surface area contributed by atoms with Crippen LogP contribution in [-0.4, -0.2) is 58.3 Å². The fraction of sp³-hybridized carbons (Fsp3) is 0.353. The fourth-order valence-corrected chi connectivity index (χ4v) is 2.91. The van der Waals surface area contributed by atoms with Gasteiger partial charge in [-0.3, -0.25) is 0 Å². The molecule has 0 amide bonds. The number of ether oxygens (including phenoxy) is 2. The number of methoxy groups -OCH3 is 1. The lowest BCUT2D eigenvalue weighted by Gasteiger charge is -2.28. The standard InChI is InChI=1S/C17H19N5O3/c1-11-7-12-10-18-22(13(12)8-14(11)23)16-9-15(19-17(20-16)24-2)21-3-5-25-6-4-21/h7-10,23H,3-6H2,1-2H3. The molecule has 4 rings (SSSR count). The van der Waals surface area contributed by atoms with Crippen molar-refractivity contribution in [3.8, 4) is 17.6 Å². The zero-order valence-corrected chi connectivity index (χ0v) is 14.1. The first-order valence-corrected chi connectivity index (χ1v) is 8.09. The average Bonchev–Trinajstić information content (AvgIpc) is 3.05. The Labute approximate surface area is 144 Å². The van der Waals surface area contributed by atoms with Crippen LogP contribution in [0.3, 0.4) is 0 Å². The summed E-state index contributed by atoms with van der Waals surface area (Å²) in [5.74, 6) is 1.58. The van der Waals surface area contributed by atoms with Gasteiger partial charge in [-0.25, -0.2) is 4.68 Å². The fourth-order valence-electron chi connectivity index (χ4n) is 2.91. The molecule has 0 bridgehead atoms. The van der Waals surface area contributed by atoms with E-state index in [9.17, 15) is 5.11 Å². The third-order valence-electron chi connectivity index (χ3n) is 4.30. The second-order valence-electron chi connectivity index (χ2n) is 5.92. The summed E-state index contributed by atoms with van der Waals surface area (Å²) in [6.45, 7) is 4.72. The van der Waals surface area contributed by atoms with Crippen LogP contribution in [0.4, 0.5) is 5.82 Å². The molecule has 0 radical (unpaired) electrons. The smallest absolute Gasteiger partial charge is 0.320 e. The zero-order chi connectivity index (χ0) is 17.4. The van der Waals surface area contributed by atoms with E-state index in [1.54, 1.807) is 24.1 Å². The predicted molar refractivity (Wildman–Crippen MR) is 92.6 cm³/mol. The van der Waals surface area contributed by atoms with Crippen LogP contribution in [0.15, 0.2) is 24.4 Å². The number of aryl methyl sites for hydroxylation is 1. The molecule has 0 unspecified atom stereocenters. The summed E-state index contributed by atoms with van der Waals surface area (Å²) < 4.78 is 12.4. The minimum Gasteiger partial charge on any atom is -0.508 e. The second-order valence-corrected chi connectivity index (χ2v) is 5.92. The topological polar surface area (TPSA) is 85.5 Å². The number of phenols is 1. The summed E-state index contributed by atoms with van der Waals surface area (Å²) in [7, 11) is 1.54. The number of hydrogen-bond acceptors (Lipinski definition) is 7. The first-order chi connectivity index (χ1) is 12.2. The maximum Gasteiger partial charge on any atom is 0.320 e. The molecule has 1 aliphatic rings. The first kappa shape index (κ1) is 15.6. The highest BCUT2D eigenvalue weighted by Gasteiger charge is 2.17. The summed E-state index contributed by atoms with van der Waals surface area (Å²) in [5.41, 5.74) is 1.58. The Kier molecular flexibility index (Phi) is 3.89. The van der Waals surface area contributed by atoms with Gasteiger partial charge in [0.15, 0.2) is 5.82 Å². The van der Waals surface area contributed by atoms with Gasteiger partial charge in [0.2, 0.25) is 0 Å². The summed E-state index contributed by atoms with van der Waals surface area (Å²) in [6, 6.07) is 5.74. The van der Waals surface area contributed by atoms with Crippen molar-refractivity contribution in [3.05, 3.63) is 30.0 Å². The highest BCUT2D eigenvalue weighted by atomic mass is 16.5. The molecule has 1 aliphatic heterocycles. The van der Waals surface area contributed by atoms with Crippen LogP contribution in [0.5, 0.6) is 11.8 Å². The molecule has 8 heteroatoms. The molecule has 25 heavy (non-hydrogen) atoms. The molecule has 8 nitrogen and oxygen atoms in total. The van der Waals surface area contributed by atoms with Gasteiger partial charge in [0.05, 0.1) is 32.0 Å². The number of aromatic hydroxyl groups is 1. The predicted octanol–water partition coefficient (Wildman–Crippen LogP) is 1.67. The van der Waals surface area contributed by atoms with E-state index in [0.29, 0.717) is 19.0 Å². The Morgan fingerprint density at radius 1 is 1.12 bits per heavy atom. The lowest BCUT2D eigenvalue weighted by Crippen LogP contribution is -2.36. The molecule has 0 spiro atoms. The molecular formula is C17H19N5O3. The van der Waals surface area contributed by atoms with Crippen LogP contribution >= 0.6 is 0 Å². The Morgan fingerprint density at radius 2 is 1.88 bits per heavy atom. The van der Waals surface area contributed by atoms with Crippen LogP contribution in [-0.2, 0) is 4.74 Å². The maximum atomic E-state index is 10.0. The molecule has 1 fully saturated rings. The maximum absolute atomic E-state index is 10.0. The van der Waals surface area contributed by atoms with Crippen LogP contribution in [0.1, 0.15) is 5.56 Å². The van der Waals surface area contributed by atoms with Gasteiger partial charge in [0.25, 0.3) is 0 Å². The number of phenolic OH excluding ortho intramolecular Hbond substituents is 1. The SMILES string of the molecule is COc1nc(N2CCOCC2)cc(-n2ncc3cc(C)c(O)cc32)n1. The van der Waals surface area contributed by atoms with Gasteiger partial charge >= 0.3 is 6.01 Å². The van der Waals surface area contributed by atoms with E-state index in [4.69, 9.17) is 9.47 Å². The lowest BCUT2D eigenvalue weighted by atomic mass is 10.1. The van der Waals surface area contributed by atoms with Gasteiger partial charge in [-0.2, -0.15) is 15.1 Å². The largest absolute Gasteiger partial charge is 0.508 e. The summed E-state index contributed by atoms with van der Waals surface area (Å²) in [6.07, 6.45) is 1.75. The molecule has 0 saturated carbocycles. The molecule has 3 aromatic rings. The molecule has 0 aliphatic carbocycles. The Morgan fingerprint density at radius 3 is 2.64 bits per heavy atom. The number of benzene rings is 1. The van der Waals surface area contributed by atoms with Crippen molar-refractivity contribution in [2.24, 2.45) is 0 Å². The van der Waals surface area contributed by atoms with E-state index in [0.717, 1.165) is 35.4 Å². The molecule has 1 aromatic carbocycles. The lowest BCUT2D eigenvalue weighted by molar-refractivity contribution is 0.122. The van der Waals surface area contributed by atoms with E-state index in [1.165, 1.54) is 0 Å². The van der Waals surface area contributed by atoms with Crippen LogP contribution in [0.2, 0.25) is 0 Å². The van der Waals surface area contributed by atoms with Gasteiger partial charge in [-0.1, -0.05) is 0 Å². The quantitative estimate of drug-likeness (QED) is 0.775. The number of aromatic nitrogens is 4. The molecule has 3 heterocycles. The third kappa shape index (κ3) is 2.85. The highest BCUT2D eigenvalue weighted by molar-refractivity contribution is 5.82. The number of anilines is 1. The molecule has 1 N–H and O–H groups in total. The summed E-state index contributed by atoms with van der Waals surface area (Å²) in [5, 5.41) is 15.4. The number of hydrogen-bond donors (Lipinski definition) is 1. The zero-order valence-electron chi connectivity index (χ0n) is 14.1. The van der Waals surface area contributed by atoms with E-state index >= 15 is 0 Å². The third-order valence-corrected chi connectivity index (χ3v) is 4.30. The van der Waals surface area contributed by atoms with Crippen LogP contribution < -0.4 is 9.64 Å². The minimum absolute atomic E-state index is 0.226. The van der Waals surface area contributed by atoms with Crippen LogP contribution in [0.25, 0.3) is 16.7 Å². The molecule has 130 valence electrons. The van der Waals surface area contributed by atoms with Crippen molar-refractivity contribution < 1.29 is 14.6 Å². The minimum atomic E-state index is 0.226. The summed E-state index contributed by atoms with van der Waals surface area (Å²) >= 11 is 0. The van der Waals surface area contributed by atoms with Crippen LogP contribution in [0, 0.1) is 6.92 Å². The van der Waals surface area contributed by atoms with Crippen molar-refractivity contribution in [2.45, 2.75) is 6.92 Å². The molecular weight excluding hydrogens is 322 g/mol. The molecule has 1 saturated heterocycles. The van der Waals surface area contributed by atoms with Crippen molar-refractivity contribution in [1.29, 1.82) is 0 Å².